The Hall–Kier alpha value is -1.82. The maximum absolute atomic E-state index is 10.9. The molecule has 1 aromatic rings. The van der Waals surface area contributed by atoms with E-state index in [0.717, 1.165) is 6.07 Å². The molecule has 0 saturated heterocycles. The molecular weight excluding hydrogens is 224 g/mol. The van der Waals surface area contributed by atoms with Gasteiger partial charge in [-0.15, -0.1) is 0 Å². The van der Waals surface area contributed by atoms with Gasteiger partial charge in [-0.1, -0.05) is 11.6 Å². The summed E-state index contributed by atoms with van der Waals surface area (Å²) in [7, 11) is 1.33. The molecule has 80 valence electrons. The first-order valence-corrected chi connectivity index (χ1v) is 4.17. The first-order valence-electron chi connectivity index (χ1n) is 3.79. The van der Waals surface area contributed by atoms with Crippen molar-refractivity contribution >= 4 is 23.2 Å². The van der Waals surface area contributed by atoms with Gasteiger partial charge in [-0.2, -0.15) is 0 Å². The van der Waals surface area contributed by atoms with Gasteiger partial charge < -0.3 is 10.5 Å². The Bertz CT molecular complexity index is 433. The summed E-state index contributed by atoms with van der Waals surface area (Å²) in [6.45, 7) is 0. The number of nitro benzene ring substituents is 1. The molecule has 1 rings (SSSR count). The van der Waals surface area contributed by atoms with Crippen LogP contribution in [0.15, 0.2) is 12.1 Å². The number of rotatable bonds is 3. The van der Waals surface area contributed by atoms with Gasteiger partial charge in [0.1, 0.15) is 11.3 Å². The number of benzene rings is 1. The molecule has 6 nitrogen and oxygen atoms in total. The first kappa shape index (κ1) is 11.3. The topological polar surface area (TPSA) is 95.5 Å². The average Bonchev–Trinajstić information content (AvgIpc) is 2.15. The quantitative estimate of drug-likeness (QED) is 0.626. The summed E-state index contributed by atoms with van der Waals surface area (Å²) >= 11 is 5.67. The summed E-state index contributed by atoms with van der Waals surface area (Å²) in [5.74, 6) is -0.758. The highest BCUT2D eigenvalue weighted by Crippen LogP contribution is 2.31. The molecule has 0 fully saturated rings. The van der Waals surface area contributed by atoms with Crippen molar-refractivity contribution in [1.29, 1.82) is 0 Å². The van der Waals surface area contributed by atoms with Crippen molar-refractivity contribution < 1.29 is 14.5 Å². The molecule has 0 bridgehead atoms. The second-order valence-corrected chi connectivity index (χ2v) is 3.03. The summed E-state index contributed by atoms with van der Waals surface area (Å²) in [5.41, 5.74) is 4.19. The fraction of sp³-hybridized carbons (Fsp3) is 0.125. The van der Waals surface area contributed by atoms with Crippen molar-refractivity contribution in [3.05, 3.63) is 32.8 Å². The van der Waals surface area contributed by atoms with Crippen molar-refractivity contribution in [2.75, 3.05) is 7.11 Å². The molecule has 1 aromatic carbocycles. The molecule has 0 spiro atoms. The van der Waals surface area contributed by atoms with Gasteiger partial charge in [0, 0.05) is 6.07 Å². The molecule has 0 aliphatic rings. The summed E-state index contributed by atoms with van der Waals surface area (Å²) in [5, 5.41) is 10.5. The highest BCUT2D eigenvalue weighted by atomic mass is 35.5. The first-order chi connectivity index (χ1) is 6.97. The van der Waals surface area contributed by atoms with E-state index in [2.05, 4.69) is 0 Å². The molecular formula is C8H7ClN2O4. The minimum absolute atomic E-state index is 0.103. The van der Waals surface area contributed by atoms with Gasteiger partial charge in [-0.25, -0.2) is 0 Å². The molecule has 15 heavy (non-hydrogen) atoms. The molecule has 0 aliphatic heterocycles. The molecule has 2 N–H and O–H groups in total. The third kappa shape index (κ3) is 2.16. The zero-order chi connectivity index (χ0) is 11.6. The van der Waals surface area contributed by atoms with E-state index in [1.54, 1.807) is 0 Å². The lowest BCUT2D eigenvalue weighted by atomic mass is 10.1. The van der Waals surface area contributed by atoms with Crippen molar-refractivity contribution in [3.8, 4) is 5.75 Å². The second kappa shape index (κ2) is 4.14. The molecule has 0 radical (unpaired) electrons. The number of amides is 1. The van der Waals surface area contributed by atoms with Gasteiger partial charge in [-0.3, -0.25) is 14.9 Å². The van der Waals surface area contributed by atoms with Crippen LogP contribution in [0.3, 0.4) is 0 Å². The predicted octanol–water partition coefficient (Wildman–Crippen LogP) is 1.36. The normalized spacial score (nSPS) is 9.73. The number of halogens is 1. The Morgan fingerprint density at radius 3 is 2.60 bits per heavy atom. The number of nitro groups is 1. The Balaban J connectivity index is 3.49. The van der Waals surface area contributed by atoms with Crippen LogP contribution in [0.1, 0.15) is 10.4 Å². The third-order valence-corrected chi connectivity index (χ3v) is 2.02. The lowest BCUT2D eigenvalue weighted by Crippen LogP contribution is -2.14. The van der Waals surface area contributed by atoms with E-state index in [4.69, 9.17) is 22.1 Å². The number of methoxy groups -OCH3 is 1. The number of ether oxygens (including phenoxy) is 1. The van der Waals surface area contributed by atoms with Crippen LogP contribution in [0.25, 0.3) is 0 Å². The van der Waals surface area contributed by atoms with Crippen molar-refractivity contribution in [1.82, 2.24) is 0 Å². The molecule has 0 atom stereocenters. The van der Waals surface area contributed by atoms with Crippen molar-refractivity contribution in [3.63, 3.8) is 0 Å². The smallest absolute Gasteiger partial charge is 0.287 e. The van der Waals surface area contributed by atoms with E-state index in [-0.39, 0.29) is 16.3 Å². The van der Waals surface area contributed by atoms with Crippen LogP contribution in [0.2, 0.25) is 5.02 Å². The monoisotopic (exact) mass is 230 g/mol. The summed E-state index contributed by atoms with van der Waals surface area (Å²) < 4.78 is 4.78. The van der Waals surface area contributed by atoms with E-state index < -0.39 is 16.5 Å². The molecule has 0 aliphatic carbocycles. The summed E-state index contributed by atoms with van der Waals surface area (Å²) in [4.78, 5) is 20.8. The van der Waals surface area contributed by atoms with Gasteiger partial charge in [-0.05, 0) is 0 Å². The van der Waals surface area contributed by atoms with E-state index in [0.29, 0.717) is 0 Å². The van der Waals surface area contributed by atoms with Crippen molar-refractivity contribution in [2.45, 2.75) is 0 Å². The van der Waals surface area contributed by atoms with Crippen LogP contribution in [-0.4, -0.2) is 17.9 Å². The molecule has 0 unspecified atom stereocenters. The molecule has 0 aromatic heterocycles. The van der Waals surface area contributed by atoms with E-state index in [1.807, 2.05) is 0 Å². The highest BCUT2D eigenvalue weighted by Gasteiger charge is 2.23. The van der Waals surface area contributed by atoms with E-state index >= 15 is 0 Å². The molecule has 1 amide bonds. The summed E-state index contributed by atoms with van der Waals surface area (Å²) in [6, 6.07) is 2.38. The number of hydrogen-bond acceptors (Lipinski definition) is 4. The van der Waals surface area contributed by atoms with Gasteiger partial charge in [0.2, 0.25) is 0 Å². The zero-order valence-corrected chi connectivity index (χ0v) is 8.45. The highest BCUT2D eigenvalue weighted by molar-refractivity contribution is 6.34. The third-order valence-electron chi connectivity index (χ3n) is 1.72. The van der Waals surface area contributed by atoms with E-state index in [9.17, 15) is 14.9 Å². The van der Waals surface area contributed by atoms with Crippen LogP contribution in [0.5, 0.6) is 5.75 Å². The predicted molar refractivity (Wildman–Crippen MR) is 53.2 cm³/mol. The lowest BCUT2D eigenvalue weighted by molar-refractivity contribution is -0.385. The SMILES string of the molecule is COc1cc(Cl)c(C(N)=O)c([N+](=O)[O-])c1. The molecule has 0 heterocycles. The van der Waals surface area contributed by atoms with Crippen LogP contribution >= 0.6 is 11.6 Å². The van der Waals surface area contributed by atoms with E-state index in [1.165, 1.54) is 13.2 Å². The number of nitrogens with two attached hydrogens (primary N) is 1. The van der Waals surface area contributed by atoms with Gasteiger partial charge in [0.05, 0.1) is 23.1 Å². The second-order valence-electron chi connectivity index (χ2n) is 2.62. The Labute approximate surface area is 89.7 Å². The number of primary amides is 1. The number of carbonyl (C=O) groups excluding carboxylic acids is 1. The Morgan fingerprint density at radius 2 is 2.20 bits per heavy atom. The number of hydrogen-bond donors (Lipinski definition) is 1. The van der Waals surface area contributed by atoms with Gasteiger partial charge >= 0.3 is 0 Å². The van der Waals surface area contributed by atoms with Gasteiger partial charge in [0.15, 0.2) is 0 Å². The van der Waals surface area contributed by atoms with Crippen LogP contribution in [-0.2, 0) is 0 Å². The lowest BCUT2D eigenvalue weighted by Gasteiger charge is -2.04. The molecule has 7 heteroatoms. The van der Waals surface area contributed by atoms with Crippen LogP contribution in [0, 0.1) is 10.1 Å². The maximum Gasteiger partial charge on any atom is 0.287 e. The fourth-order valence-corrected chi connectivity index (χ4v) is 1.37. The average molecular weight is 231 g/mol. The Morgan fingerprint density at radius 1 is 1.60 bits per heavy atom. The minimum Gasteiger partial charge on any atom is -0.496 e. The summed E-state index contributed by atoms with van der Waals surface area (Å²) in [6.07, 6.45) is 0. The minimum atomic E-state index is -0.950. The number of nitrogens with zero attached hydrogens (tertiary/aromatic N) is 1. The van der Waals surface area contributed by atoms with Gasteiger partial charge in [0.25, 0.3) is 11.6 Å². The zero-order valence-electron chi connectivity index (χ0n) is 7.69. The maximum atomic E-state index is 10.9. The molecule has 0 saturated carbocycles. The van der Waals surface area contributed by atoms with Crippen LogP contribution < -0.4 is 10.5 Å². The van der Waals surface area contributed by atoms with Crippen molar-refractivity contribution in [2.24, 2.45) is 5.73 Å². The fourth-order valence-electron chi connectivity index (χ4n) is 1.07. The van der Waals surface area contributed by atoms with Crippen LogP contribution in [0.4, 0.5) is 5.69 Å². The number of carbonyl (C=O) groups is 1. The standard InChI is InChI=1S/C8H7ClN2O4/c1-15-4-2-5(9)7(8(10)12)6(3-4)11(13)14/h2-3H,1H3,(H2,10,12). The Kier molecular flexibility index (Phi) is 3.11. The largest absolute Gasteiger partial charge is 0.496 e.